The first kappa shape index (κ1) is 11.1. The summed E-state index contributed by atoms with van der Waals surface area (Å²) in [5.74, 6) is -0.290. The molecule has 3 nitrogen and oxygen atoms in total. The molecule has 17 heavy (non-hydrogen) atoms. The summed E-state index contributed by atoms with van der Waals surface area (Å²) in [6, 6.07) is 9.97. The SMILES string of the molecule is Cc1cc(F)cc(Nc2ccnc(C#N)c2)c1. The van der Waals surface area contributed by atoms with E-state index in [0.29, 0.717) is 17.1 Å². The molecular weight excluding hydrogens is 217 g/mol. The second-order valence-electron chi connectivity index (χ2n) is 3.68. The molecule has 0 atom stereocenters. The van der Waals surface area contributed by atoms with Crippen LogP contribution in [0.2, 0.25) is 0 Å². The third-order valence-electron chi connectivity index (χ3n) is 2.21. The van der Waals surface area contributed by atoms with Crippen LogP contribution in [0.3, 0.4) is 0 Å². The maximum Gasteiger partial charge on any atom is 0.142 e. The third-order valence-corrected chi connectivity index (χ3v) is 2.21. The van der Waals surface area contributed by atoms with Crippen molar-refractivity contribution in [2.75, 3.05) is 5.32 Å². The molecule has 0 bridgehead atoms. The minimum atomic E-state index is -0.290. The van der Waals surface area contributed by atoms with Crippen LogP contribution in [0.4, 0.5) is 15.8 Å². The van der Waals surface area contributed by atoms with Gasteiger partial charge in [-0.05, 0) is 42.8 Å². The molecule has 1 N–H and O–H groups in total. The van der Waals surface area contributed by atoms with Gasteiger partial charge in [0, 0.05) is 17.6 Å². The standard InChI is InChI=1S/C13H10FN3/c1-9-4-10(14)6-12(5-9)17-11-2-3-16-13(7-11)8-15/h2-7H,1H3,(H,16,17). The van der Waals surface area contributed by atoms with E-state index in [4.69, 9.17) is 5.26 Å². The topological polar surface area (TPSA) is 48.7 Å². The molecule has 0 fully saturated rings. The van der Waals surface area contributed by atoms with Crippen LogP contribution < -0.4 is 5.32 Å². The lowest BCUT2D eigenvalue weighted by Crippen LogP contribution is -1.93. The van der Waals surface area contributed by atoms with Crippen molar-refractivity contribution in [3.05, 3.63) is 53.6 Å². The molecule has 1 aromatic carbocycles. The van der Waals surface area contributed by atoms with Crippen molar-refractivity contribution < 1.29 is 4.39 Å². The van der Waals surface area contributed by atoms with Gasteiger partial charge in [-0.25, -0.2) is 9.37 Å². The monoisotopic (exact) mass is 227 g/mol. The van der Waals surface area contributed by atoms with Crippen molar-refractivity contribution in [2.45, 2.75) is 6.92 Å². The zero-order valence-electron chi connectivity index (χ0n) is 9.24. The maximum absolute atomic E-state index is 13.2. The Hall–Kier alpha value is -2.41. The number of halogens is 1. The molecule has 0 aliphatic rings. The minimum Gasteiger partial charge on any atom is -0.355 e. The predicted octanol–water partition coefficient (Wildman–Crippen LogP) is 3.14. The number of rotatable bonds is 2. The summed E-state index contributed by atoms with van der Waals surface area (Å²) in [5.41, 5.74) is 2.52. The second-order valence-corrected chi connectivity index (χ2v) is 3.68. The smallest absolute Gasteiger partial charge is 0.142 e. The summed E-state index contributed by atoms with van der Waals surface area (Å²) >= 11 is 0. The number of hydrogen-bond donors (Lipinski definition) is 1. The van der Waals surface area contributed by atoms with E-state index >= 15 is 0 Å². The molecule has 0 aliphatic carbocycles. The highest BCUT2D eigenvalue weighted by atomic mass is 19.1. The molecule has 0 spiro atoms. The Morgan fingerprint density at radius 3 is 2.76 bits per heavy atom. The molecular formula is C13H10FN3. The molecule has 0 aliphatic heterocycles. The first-order chi connectivity index (χ1) is 8.17. The molecule has 84 valence electrons. The van der Waals surface area contributed by atoms with E-state index in [1.54, 1.807) is 12.1 Å². The van der Waals surface area contributed by atoms with E-state index in [9.17, 15) is 4.39 Å². The van der Waals surface area contributed by atoms with Crippen molar-refractivity contribution in [3.8, 4) is 6.07 Å². The Labute approximate surface area is 98.5 Å². The minimum absolute atomic E-state index is 0.290. The van der Waals surface area contributed by atoms with Crippen LogP contribution in [0.1, 0.15) is 11.3 Å². The number of hydrogen-bond acceptors (Lipinski definition) is 3. The molecule has 0 saturated carbocycles. The second kappa shape index (κ2) is 4.62. The molecule has 2 aromatic rings. The number of benzene rings is 1. The molecule has 4 heteroatoms. The summed E-state index contributed by atoms with van der Waals surface area (Å²) in [5, 5.41) is 11.7. The van der Waals surface area contributed by atoms with E-state index in [1.807, 2.05) is 19.1 Å². The van der Waals surface area contributed by atoms with Gasteiger partial charge in [0.25, 0.3) is 0 Å². The average molecular weight is 227 g/mol. The summed E-state index contributed by atoms with van der Waals surface area (Å²) in [7, 11) is 0. The first-order valence-corrected chi connectivity index (χ1v) is 5.08. The largest absolute Gasteiger partial charge is 0.355 e. The molecule has 0 unspecified atom stereocenters. The number of aromatic nitrogens is 1. The highest BCUT2D eigenvalue weighted by Gasteiger charge is 2.00. The Balaban J connectivity index is 2.28. The number of aryl methyl sites for hydroxylation is 1. The van der Waals surface area contributed by atoms with Crippen molar-refractivity contribution >= 4 is 11.4 Å². The van der Waals surface area contributed by atoms with E-state index in [0.717, 1.165) is 5.56 Å². The Kier molecular flexibility index (Phi) is 3.01. The average Bonchev–Trinajstić information content (AvgIpc) is 2.28. The first-order valence-electron chi connectivity index (χ1n) is 5.08. The van der Waals surface area contributed by atoms with E-state index in [2.05, 4.69) is 10.3 Å². The summed E-state index contributed by atoms with van der Waals surface area (Å²) in [6.07, 6.45) is 1.53. The van der Waals surface area contributed by atoms with Crippen molar-refractivity contribution in [2.24, 2.45) is 0 Å². The van der Waals surface area contributed by atoms with Gasteiger partial charge in [-0.2, -0.15) is 5.26 Å². The zero-order valence-corrected chi connectivity index (χ0v) is 9.24. The van der Waals surface area contributed by atoms with Gasteiger partial charge < -0.3 is 5.32 Å². The van der Waals surface area contributed by atoms with E-state index < -0.39 is 0 Å². The molecule has 0 radical (unpaired) electrons. The van der Waals surface area contributed by atoms with Gasteiger partial charge in [-0.1, -0.05) is 0 Å². The lowest BCUT2D eigenvalue weighted by Gasteiger charge is -2.07. The number of nitrogens with zero attached hydrogens (tertiary/aromatic N) is 2. The third kappa shape index (κ3) is 2.79. The molecule has 2 rings (SSSR count). The van der Waals surface area contributed by atoms with E-state index in [1.165, 1.54) is 18.3 Å². The van der Waals surface area contributed by atoms with Crippen LogP contribution in [0.15, 0.2) is 36.5 Å². The summed E-state index contributed by atoms with van der Waals surface area (Å²) in [4.78, 5) is 3.86. The van der Waals surface area contributed by atoms with Crippen LogP contribution in [-0.2, 0) is 0 Å². The molecule has 0 saturated heterocycles. The van der Waals surface area contributed by atoms with Crippen molar-refractivity contribution in [3.63, 3.8) is 0 Å². The Morgan fingerprint density at radius 2 is 2.06 bits per heavy atom. The fraction of sp³-hybridized carbons (Fsp3) is 0.0769. The molecule has 1 heterocycles. The fourth-order valence-corrected chi connectivity index (χ4v) is 1.54. The molecule has 1 aromatic heterocycles. The van der Waals surface area contributed by atoms with Gasteiger partial charge in [-0.15, -0.1) is 0 Å². The number of anilines is 2. The fourth-order valence-electron chi connectivity index (χ4n) is 1.54. The van der Waals surface area contributed by atoms with Gasteiger partial charge >= 0.3 is 0 Å². The van der Waals surface area contributed by atoms with Crippen molar-refractivity contribution in [1.82, 2.24) is 4.98 Å². The van der Waals surface area contributed by atoms with Crippen LogP contribution in [0.5, 0.6) is 0 Å². The van der Waals surface area contributed by atoms with Crippen LogP contribution in [-0.4, -0.2) is 4.98 Å². The summed E-state index contributed by atoms with van der Waals surface area (Å²) in [6.45, 7) is 1.82. The normalized spacial score (nSPS) is 9.71. The van der Waals surface area contributed by atoms with Crippen molar-refractivity contribution in [1.29, 1.82) is 5.26 Å². The maximum atomic E-state index is 13.2. The molecule has 0 amide bonds. The van der Waals surface area contributed by atoms with Gasteiger partial charge in [0.2, 0.25) is 0 Å². The lowest BCUT2D eigenvalue weighted by molar-refractivity contribution is 0.627. The highest BCUT2D eigenvalue weighted by Crippen LogP contribution is 2.19. The van der Waals surface area contributed by atoms with Crippen LogP contribution in [0.25, 0.3) is 0 Å². The summed E-state index contributed by atoms with van der Waals surface area (Å²) < 4.78 is 13.2. The highest BCUT2D eigenvalue weighted by molar-refractivity contribution is 5.60. The predicted molar refractivity (Wildman–Crippen MR) is 63.4 cm³/mol. The number of nitriles is 1. The van der Waals surface area contributed by atoms with Gasteiger partial charge in [-0.3, -0.25) is 0 Å². The zero-order chi connectivity index (χ0) is 12.3. The number of nitrogens with one attached hydrogen (secondary N) is 1. The van der Waals surface area contributed by atoms with Crippen LogP contribution >= 0.6 is 0 Å². The number of pyridine rings is 1. The van der Waals surface area contributed by atoms with Crippen LogP contribution in [0, 0.1) is 24.1 Å². The Bertz CT molecular complexity index is 567. The van der Waals surface area contributed by atoms with Gasteiger partial charge in [0.05, 0.1) is 0 Å². The van der Waals surface area contributed by atoms with Gasteiger partial charge in [0.15, 0.2) is 0 Å². The lowest BCUT2D eigenvalue weighted by atomic mass is 10.2. The van der Waals surface area contributed by atoms with Gasteiger partial charge in [0.1, 0.15) is 17.6 Å². The quantitative estimate of drug-likeness (QED) is 0.857. The Morgan fingerprint density at radius 1 is 1.24 bits per heavy atom. The van der Waals surface area contributed by atoms with E-state index in [-0.39, 0.29) is 5.82 Å².